The Morgan fingerprint density at radius 1 is 1.21 bits per heavy atom. The van der Waals surface area contributed by atoms with Gasteiger partial charge in [-0.1, -0.05) is 13.8 Å². The van der Waals surface area contributed by atoms with Crippen LogP contribution in [0.25, 0.3) is 22.3 Å². The number of cyclic esters (lactones) is 1. The highest BCUT2D eigenvalue weighted by molar-refractivity contribution is 5.92. The zero-order valence-electron chi connectivity index (χ0n) is 22.4. The number of fused-ring (bicyclic) bond motifs is 5. The molecule has 11 heteroatoms. The SMILES string of the molecule is CC.COC1C(=O)OCc2c1cc1n(c2=O)Cc2c-1nc1cc(F)c(C)c3c1c2CCC3.NC(=O)OCCO. The van der Waals surface area contributed by atoms with Gasteiger partial charge in [0.2, 0.25) is 0 Å². The number of pyridine rings is 2. The lowest BCUT2D eigenvalue weighted by Gasteiger charge is -2.24. The van der Waals surface area contributed by atoms with E-state index in [9.17, 15) is 18.8 Å². The second-order valence-electron chi connectivity index (χ2n) is 9.10. The molecule has 39 heavy (non-hydrogen) atoms. The number of methoxy groups -OCH3 is 1. The number of aliphatic hydroxyl groups excluding tert-OH is 1. The van der Waals surface area contributed by atoms with Gasteiger partial charge in [-0.25, -0.2) is 19.0 Å². The third-order valence-electron chi connectivity index (χ3n) is 7.09. The first kappa shape index (κ1) is 28.2. The van der Waals surface area contributed by atoms with Crippen molar-refractivity contribution in [2.24, 2.45) is 5.73 Å². The minimum absolute atomic E-state index is 0.0185. The highest BCUT2D eigenvalue weighted by atomic mass is 19.1. The molecule has 2 aromatic heterocycles. The maximum absolute atomic E-state index is 14.6. The van der Waals surface area contributed by atoms with Gasteiger partial charge in [-0.2, -0.15) is 0 Å². The third kappa shape index (κ3) is 4.87. The molecule has 208 valence electrons. The number of nitrogens with two attached hydrogens (primary N) is 1. The number of hydrogen-bond donors (Lipinski definition) is 2. The zero-order chi connectivity index (χ0) is 28.4. The van der Waals surface area contributed by atoms with E-state index in [-0.39, 0.29) is 31.2 Å². The molecular formula is C28H32FN3O7. The van der Waals surface area contributed by atoms with Crippen LogP contribution in [0.5, 0.6) is 0 Å². The van der Waals surface area contributed by atoms with Crippen LogP contribution in [0.2, 0.25) is 0 Å². The molecule has 1 aliphatic carbocycles. The molecule has 3 aliphatic rings. The molecule has 0 spiro atoms. The predicted octanol–water partition coefficient (Wildman–Crippen LogP) is 3.21. The highest BCUT2D eigenvalue weighted by Crippen LogP contribution is 2.42. The number of aryl methyl sites for hydroxylation is 2. The van der Waals surface area contributed by atoms with Crippen molar-refractivity contribution in [2.45, 2.75) is 59.3 Å². The molecule has 0 fully saturated rings. The van der Waals surface area contributed by atoms with Crippen molar-refractivity contribution >= 4 is 23.0 Å². The Balaban J connectivity index is 0.000000345. The fourth-order valence-corrected chi connectivity index (χ4v) is 5.42. The molecule has 4 heterocycles. The van der Waals surface area contributed by atoms with Gasteiger partial charge in [-0.3, -0.25) is 4.79 Å². The first-order chi connectivity index (χ1) is 18.8. The van der Waals surface area contributed by atoms with Crippen LogP contribution in [0.15, 0.2) is 16.9 Å². The van der Waals surface area contributed by atoms with Gasteiger partial charge in [0, 0.05) is 29.7 Å². The predicted molar refractivity (Wildman–Crippen MR) is 141 cm³/mol. The molecule has 6 rings (SSSR count). The molecule has 10 nitrogen and oxygen atoms in total. The highest BCUT2D eigenvalue weighted by Gasteiger charge is 2.36. The number of ether oxygens (including phenoxy) is 3. The van der Waals surface area contributed by atoms with Crippen molar-refractivity contribution in [2.75, 3.05) is 20.3 Å². The average Bonchev–Trinajstić information content (AvgIpc) is 3.31. The number of benzene rings is 1. The Morgan fingerprint density at radius 2 is 1.92 bits per heavy atom. The minimum atomic E-state index is -0.929. The standard InChI is InChI=1S/C23H19FN2O4.C3H7NO3.C2H6/c1-10-11-4-3-5-12-14-8-26-18(20(14)25-17(19(11)12)7-16(10)24)6-13-15(22(26)27)9-30-23(28)21(13)29-2;4-3(6)7-2-1-5;1-2/h6-7,21H,3-5,8-9H2,1-2H3;5H,1-2H2,(H2,4,6);1-2H3. The Morgan fingerprint density at radius 3 is 2.56 bits per heavy atom. The van der Waals surface area contributed by atoms with Crippen molar-refractivity contribution in [3.8, 4) is 11.4 Å². The van der Waals surface area contributed by atoms with Crippen LogP contribution < -0.4 is 11.3 Å². The maximum atomic E-state index is 14.6. The second kappa shape index (κ2) is 11.5. The van der Waals surface area contributed by atoms with E-state index >= 15 is 0 Å². The molecule has 2 aliphatic heterocycles. The normalized spacial score (nSPS) is 16.1. The first-order valence-electron chi connectivity index (χ1n) is 12.9. The van der Waals surface area contributed by atoms with Gasteiger partial charge < -0.3 is 29.6 Å². The van der Waals surface area contributed by atoms with E-state index < -0.39 is 18.2 Å². The van der Waals surface area contributed by atoms with Crippen LogP contribution in [-0.4, -0.2) is 47.0 Å². The van der Waals surface area contributed by atoms with Crippen LogP contribution in [0, 0.1) is 12.7 Å². The summed E-state index contributed by atoms with van der Waals surface area (Å²) in [4.78, 5) is 39.8. The number of amides is 1. The van der Waals surface area contributed by atoms with Crippen molar-refractivity contribution in [1.29, 1.82) is 0 Å². The molecule has 0 saturated carbocycles. The lowest BCUT2D eigenvalue weighted by Crippen LogP contribution is -2.33. The number of hydrogen-bond acceptors (Lipinski definition) is 8. The quantitative estimate of drug-likeness (QED) is 0.377. The molecule has 1 atom stereocenters. The molecule has 3 N–H and O–H groups in total. The van der Waals surface area contributed by atoms with E-state index in [0.29, 0.717) is 40.1 Å². The lowest BCUT2D eigenvalue weighted by atomic mass is 9.85. The molecule has 3 aromatic rings. The maximum Gasteiger partial charge on any atom is 0.404 e. The van der Waals surface area contributed by atoms with Gasteiger partial charge in [0.1, 0.15) is 19.0 Å². The number of carbonyl (C=O) groups excluding carboxylic acids is 2. The number of aliphatic hydroxyl groups is 1. The summed E-state index contributed by atoms with van der Waals surface area (Å²) in [5, 5.41) is 9.02. The molecular weight excluding hydrogens is 509 g/mol. The van der Waals surface area contributed by atoms with Gasteiger partial charge in [-0.05, 0) is 48.9 Å². The van der Waals surface area contributed by atoms with Crippen molar-refractivity contribution in [1.82, 2.24) is 9.55 Å². The molecule has 1 aromatic carbocycles. The number of carbonyl (C=O) groups is 2. The van der Waals surface area contributed by atoms with Gasteiger partial charge >= 0.3 is 12.1 Å². The van der Waals surface area contributed by atoms with E-state index in [0.717, 1.165) is 41.3 Å². The number of primary amides is 1. The number of nitrogens with zero attached hydrogens (tertiary/aromatic N) is 2. The Bertz CT molecular complexity index is 1520. The summed E-state index contributed by atoms with van der Waals surface area (Å²) in [6, 6.07) is 3.31. The topological polar surface area (TPSA) is 143 Å². The second-order valence-corrected chi connectivity index (χ2v) is 9.10. The molecule has 0 radical (unpaired) electrons. The summed E-state index contributed by atoms with van der Waals surface area (Å²) in [5.41, 5.74) is 11.2. The molecule has 0 saturated heterocycles. The van der Waals surface area contributed by atoms with Crippen molar-refractivity contribution < 1.29 is 33.3 Å². The van der Waals surface area contributed by atoms with Gasteiger partial charge in [0.15, 0.2) is 6.10 Å². The van der Waals surface area contributed by atoms with Crippen molar-refractivity contribution in [3.05, 3.63) is 61.7 Å². The Hall–Kier alpha value is -3.83. The van der Waals surface area contributed by atoms with Gasteiger partial charge in [-0.15, -0.1) is 0 Å². The van der Waals surface area contributed by atoms with E-state index in [1.165, 1.54) is 13.2 Å². The Kier molecular flexibility index (Phi) is 8.31. The summed E-state index contributed by atoms with van der Waals surface area (Å²) >= 11 is 0. The van der Waals surface area contributed by atoms with E-state index in [1.807, 2.05) is 26.8 Å². The number of rotatable bonds is 3. The monoisotopic (exact) mass is 541 g/mol. The van der Waals surface area contributed by atoms with Crippen molar-refractivity contribution in [3.63, 3.8) is 0 Å². The summed E-state index contributed by atoms with van der Waals surface area (Å²) < 4.78 is 30.8. The molecule has 1 amide bonds. The lowest BCUT2D eigenvalue weighted by molar-refractivity contribution is -0.159. The van der Waals surface area contributed by atoms with Crippen LogP contribution in [0.4, 0.5) is 9.18 Å². The van der Waals surface area contributed by atoms with Crippen LogP contribution >= 0.6 is 0 Å². The fraction of sp³-hybridized carbons (Fsp3) is 0.429. The fourth-order valence-electron chi connectivity index (χ4n) is 5.42. The van der Waals surface area contributed by atoms with Crippen LogP contribution in [0.3, 0.4) is 0 Å². The number of esters is 1. The smallest absolute Gasteiger partial charge is 0.404 e. The average molecular weight is 542 g/mol. The van der Waals surface area contributed by atoms with E-state index in [1.54, 1.807) is 4.57 Å². The third-order valence-corrected chi connectivity index (χ3v) is 7.09. The summed E-state index contributed by atoms with van der Waals surface area (Å²) in [6.45, 7) is 6.00. The van der Waals surface area contributed by atoms with E-state index in [4.69, 9.17) is 19.6 Å². The molecule has 0 bridgehead atoms. The van der Waals surface area contributed by atoms with E-state index in [2.05, 4.69) is 10.5 Å². The van der Waals surface area contributed by atoms with Crippen LogP contribution in [-0.2, 0) is 45.0 Å². The Labute approximate surface area is 224 Å². The minimum Gasteiger partial charge on any atom is -0.458 e. The van der Waals surface area contributed by atoms with Gasteiger partial charge in [0.05, 0.1) is 35.6 Å². The van der Waals surface area contributed by atoms with Crippen LogP contribution in [0.1, 0.15) is 59.8 Å². The first-order valence-corrected chi connectivity index (χ1v) is 12.9. The summed E-state index contributed by atoms with van der Waals surface area (Å²) in [5.74, 6) is -0.753. The zero-order valence-corrected chi connectivity index (χ0v) is 22.4. The molecule has 1 unspecified atom stereocenters. The summed E-state index contributed by atoms with van der Waals surface area (Å²) in [7, 11) is 1.42. The summed E-state index contributed by atoms with van der Waals surface area (Å²) in [6.07, 6.45) is 0.878. The largest absolute Gasteiger partial charge is 0.458 e. The number of halogens is 1. The van der Waals surface area contributed by atoms with Gasteiger partial charge in [0.25, 0.3) is 5.56 Å². The number of aromatic nitrogens is 2.